The molecule has 0 aliphatic carbocycles. The van der Waals surface area contributed by atoms with Gasteiger partial charge in [0.15, 0.2) is 0 Å². The van der Waals surface area contributed by atoms with Crippen LogP contribution < -0.4 is 22.1 Å². The van der Waals surface area contributed by atoms with E-state index in [0.29, 0.717) is 22.5 Å². The Labute approximate surface area is 124 Å². The van der Waals surface area contributed by atoms with Gasteiger partial charge in [0.25, 0.3) is 5.91 Å². The van der Waals surface area contributed by atoms with Gasteiger partial charge in [-0.15, -0.1) is 0 Å². The summed E-state index contributed by atoms with van der Waals surface area (Å²) >= 11 is 0. The Morgan fingerprint density at radius 1 is 1.33 bits per heavy atom. The molecule has 6 heteroatoms. The maximum absolute atomic E-state index is 12.3. The van der Waals surface area contributed by atoms with E-state index in [2.05, 4.69) is 10.6 Å². The maximum atomic E-state index is 12.3. The molecule has 1 atom stereocenters. The minimum absolute atomic E-state index is 0.0123. The average molecular weight is 290 g/mol. The van der Waals surface area contributed by atoms with E-state index < -0.39 is 0 Å². The van der Waals surface area contributed by atoms with E-state index in [1.807, 2.05) is 0 Å². The number of amides is 1. The molecule has 1 amide bonds. The van der Waals surface area contributed by atoms with Crippen LogP contribution in [0.15, 0.2) is 30.1 Å². The Hall–Kier alpha value is -2.50. The van der Waals surface area contributed by atoms with Gasteiger partial charge in [0.1, 0.15) is 5.78 Å². The molecular weight excluding hydrogens is 268 g/mol. The molecular formula is C15H22N4O2. The summed E-state index contributed by atoms with van der Waals surface area (Å²) in [6.45, 7) is 5.01. The van der Waals surface area contributed by atoms with Gasteiger partial charge in [-0.25, -0.2) is 0 Å². The highest BCUT2D eigenvalue weighted by Gasteiger charge is 2.14. The number of allylic oxidation sites excluding steroid dienone is 1. The Morgan fingerprint density at radius 3 is 2.57 bits per heavy atom. The molecule has 0 spiro atoms. The molecule has 0 radical (unpaired) electrons. The van der Waals surface area contributed by atoms with E-state index in [0.717, 1.165) is 0 Å². The van der Waals surface area contributed by atoms with Crippen molar-refractivity contribution in [1.82, 2.24) is 10.6 Å². The molecule has 0 aromatic heterocycles. The van der Waals surface area contributed by atoms with Crippen LogP contribution >= 0.6 is 0 Å². The zero-order chi connectivity index (χ0) is 16.0. The largest absolute Gasteiger partial charge is 0.401 e. The number of carbonyl (C=O) groups is 2. The van der Waals surface area contributed by atoms with Crippen LogP contribution in [0.2, 0.25) is 0 Å². The highest BCUT2D eigenvalue weighted by Crippen LogP contribution is 2.15. The van der Waals surface area contributed by atoms with Crippen molar-refractivity contribution in [3.63, 3.8) is 0 Å². The average Bonchev–Trinajstić information content (AvgIpc) is 2.37. The predicted octanol–water partition coefficient (Wildman–Crippen LogP) is 0.886. The normalized spacial score (nSPS) is 12.6. The molecule has 0 saturated carbocycles. The fourth-order valence-corrected chi connectivity index (χ4v) is 1.80. The third-order valence-corrected chi connectivity index (χ3v) is 2.73. The molecule has 6 nitrogen and oxygen atoms in total. The zero-order valence-corrected chi connectivity index (χ0v) is 12.6. The first-order chi connectivity index (χ1) is 9.79. The number of nitrogen functional groups attached to an aromatic ring is 1. The fourth-order valence-electron chi connectivity index (χ4n) is 1.80. The van der Waals surface area contributed by atoms with Gasteiger partial charge < -0.3 is 22.1 Å². The highest BCUT2D eigenvalue weighted by molar-refractivity contribution is 5.98. The van der Waals surface area contributed by atoms with Crippen molar-refractivity contribution >= 4 is 17.4 Å². The van der Waals surface area contributed by atoms with E-state index in [1.165, 1.54) is 6.92 Å². The maximum Gasteiger partial charge on any atom is 0.253 e. The lowest BCUT2D eigenvalue weighted by Crippen LogP contribution is -2.41. The van der Waals surface area contributed by atoms with Crippen molar-refractivity contribution < 1.29 is 9.59 Å². The van der Waals surface area contributed by atoms with E-state index in [-0.39, 0.29) is 24.3 Å². The molecule has 0 aliphatic heterocycles. The van der Waals surface area contributed by atoms with Gasteiger partial charge >= 0.3 is 0 Å². The summed E-state index contributed by atoms with van der Waals surface area (Å²) in [7, 11) is 0. The van der Waals surface area contributed by atoms with Gasteiger partial charge in [-0.2, -0.15) is 0 Å². The van der Waals surface area contributed by atoms with Crippen LogP contribution in [0.3, 0.4) is 0 Å². The first-order valence-electron chi connectivity index (χ1n) is 6.66. The molecule has 6 N–H and O–H groups in total. The number of benzene rings is 1. The van der Waals surface area contributed by atoms with Crippen molar-refractivity contribution in [2.24, 2.45) is 5.73 Å². The van der Waals surface area contributed by atoms with Crippen molar-refractivity contribution in [2.45, 2.75) is 33.4 Å². The number of ketones is 1. The molecule has 0 heterocycles. The number of carbonyl (C=O) groups excluding carboxylic acids is 2. The molecule has 1 unspecified atom stereocenters. The van der Waals surface area contributed by atoms with Crippen LogP contribution in [0.1, 0.15) is 36.7 Å². The van der Waals surface area contributed by atoms with Crippen molar-refractivity contribution in [1.29, 1.82) is 0 Å². The van der Waals surface area contributed by atoms with Gasteiger partial charge in [-0.3, -0.25) is 9.59 Å². The zero-order valence-electron chi connectivity index (χ0n) is 12.6. The topological polar surface area (TPSA) is 110 Å². The van der Waals surface area contributed by atoms with E-state index in [1.54, 1.807) is 38.2 Å². The number of nitrogens with two attached hydrogens (primary N) is 2. The summed E-state index contributed by atoms with van der Waals surface area (Å²) in [6, 6.07) is 4.95. The second-order valence-corrected chi connectivity index (χ2v) is 5.05. The first kappa shape index (κ1) is 16.6. The van der Waals surface area contributed by atoms with Crippen molar-refractivity contribution in [2.75, 3.05) is 5.73 Å². The van der Waals surface area contributed by atoms with Crippen LogP contribution in [-0.2, 0) is 11.2 Å². The van der Waals surface area contributed by atoms with Crippen molar-refractivity contribution in [3.8, 4) is 0 Å². The van der Waals surface area contributed by atoms with E-state index >= 15 is 0 Å². The molecule has 1 rings (SSSR count). The molecule has 0 aliphatic rings. The third kappa shape index (κ3) is 5.56. The number of nitrogens with one attached hydrogen (secondary N) is 2. The quantitative estimate of drug-likeness (QED) is 0.459. The summed E-state index contributed by atoms with van der Waals surface area (Å²) in [5.41, 5.74) is 13.4. The molecule has 0 saturated heterocycles. The van der Waals surface area contributed by atoms with Crippen LogP contribution in [0.4, 0.5) is 5.69 Å². The van der Waals surface area contributed by atoms with Crippen LogP contribution in [0.25, 0.3) is 0 Å². The molecule has 1 aromatic rings. The smallest absolute Gasteiger partial charge is 0.253 e. The summed E-state index contributed by atoms with van der Waals surface area (Å²) < 4.78 is 0. The second-order valence-electron chi connectivity index (χ2n) is 5.05. The third-order valence-electron chi connectivity index (χ3n) is 2.73. The fraction of sp³-hybridized carbons (Fsp3) is 0.333. The Morgan fingerprint density at radius 2 is 2.00 bits per heavy atom. The summed E-state index contributed by atoms with van der Waals surface area (Å²) in [5.74, 6) is -0.302. The lowest BCUT2D eigenvalue weighted by Gasteiger charge is -2.16. The Balaban J connectivity index is 2.88. The van der Waals surface area contributed by atoms with E-state index in [4.69, 9.17) is 11.5 Å². The highest BCUT2D eigenvalue weighted by atomic mass is 16.2. The van der Waals surface area contributed by atoms with Crippen LogP contribution in [-0.4, -0.2) is 17.9 Å². The number of hydrogen-bond donors (Lipinski definition) is 4. The molecule has 114 valence electrons. The predicted molar refractivity (Wildman–Crippen MR) is 83.2 cm³/mol. The first-order valence-corrected chi connectivity index (χ1v) is 6.66. The van der Waals surface area contributed by atoms with Gasteiger partial charge in [0.05, 0.1) is 6.17 Å². The van der Waals surface area contributed by atoms with Gasteiger partial charge in [-0.1, -0.05) is 6.07 Å². The number of Topliss-reactive ketones (excluding diaryl/α,β-unsaturated/α-hetero) is 1. The summed E-state index contributed by atoms with van der Waals surface area (Å²) in [6.07, 6.45) is 1.51. The Kier molecular flexibility index (Phi) is 5.78. The van der Waals surface area contributed by atoms with Crippen molar-refractivity contribution in [3.05, 3.63) is 41.2 Å². The van der Waals surface area contributed by atoms with Crippen LogP contribution in [0.5, 0.6) is 0 Å². The minimum atomic E-state index is -0.303. The molecule has 0 fully saturated rings. The monoisotopic (exact) mass is 290 g/mol. The molecule has 1 aromatic carbocycles. The Bertz CT molecular complexity index is 563. The van der Waals surface area contributed by atoms with E-state index in [9.17, 15) is 9.59 Å². The standard InChI is InChI=1S/C15H22N4O2/c1-9(16)8-18-11(3)19-15(21)14-7-13(17)5-4-12(14)6-10(2)20/h4-5,7-8,11,18H,6,16-17H2,1-3H3,(H,19,21)/b9-8+. The minimum Gasteiger partial charge on any atom is -0.401 e. The van der Waals surface area contributed by atoms with Crippen LogP contribution in [0, 0.1) is 0 Å². The number of anilines is 1. The summed E-state index contributed by atoms with van der Waals surface area (Å²) in [5, 5.41) is 5.72. The molecule has 0 bridgehead atoms. The SMILES string of the molecule is CC(=O)Cc1ccc(N)cc1C(=O)NC(C)N/C=C(\C)N. The number of rotatable bonds is 6. The second kappa shape index (κ2) is 7.33. The summed E-state index contributed by atoms with van der Waals surface area (Å²) in [4.78, 5) is 23.6. The lowest BCUT2D eigenvalue weighted by molar-refractivity contribution is -0.116. The lowest BCUT2D eigenvalue weighted by atomic mass is 10.0. The van der Waals surface area contributed by atoms with Gasteiger partial charge in [0.2, 0.25) is 0 Å². The molecule has 21 heavy (non-hydrogen) atoms. The van der Waals surface area contributed by atoms with Gasteiger partial charge in [0, 0.05) is 29.6 Å². The number of hydrogen-bond acceptors (Lipinski definition) is 5. The van der Waals surface area contributed by atoms with Gasteiger partial charge in [-0.05, 0) is 38.5 Å².